The summed E-state index contributed by atoms with van der Waals surface area (Å²) in [4.78, 5) is 8.87. The van der Waals surface area contributed by atoms with E-state index in [0.717, 1.165) is 30.5 Å². The third kappa shape index (κ3) is 2.10. The molecule has 14 heavy (non-hydrogen) atoms. The molecule has 1 N–H and O–H groups in total. The van der Waals surface area contributed by atoms with E-state index in [1.807, 2.05) is 12.3 Å². The first-order valence-electron chi connectivity index (χ1n) is 5.33. The Labute approximate surface area is 85.0 Å². The smallest absolute Gasteiger partial charge is 0.131 e. The topological polar surface area (TPSA) is 37.8 Å². The van der Waals surface area contributed by atoms with Crippen LogP contribution < -0.4 is 5.32 Å². The second-order valence-corrected chi connectivity index (χ2v) is 4.01. The molecule has 1 aromatic heterocycles. The Bertz CT molecular complexity index is 311. The average Bonchev–Trinajstić information content (AvgIpc) is 2.93. The fourth-order valence-electron chi connectivity index (χ4n) is 1.62. The predicted octanol–water partition coefficient (Wildman–Crippen LogP) is 1.71. The summed E-state index contributed by atoms with van der Waals surface area (Å²) in [5.74, 6) is 2.44. The first-order valence-corrected chi connectivity index (χ1v) is 5.33. The molecular formula is C11H17N3. The second-order valence-electron chi connectivity index (χ2n) is 4.01. The summed E-state index contributed by atoms with van der Waals surface area (Å²) in [6, 6.07) is 1.99. The Morgan fingerprint density at radius 3 is 3.00 bits per heavy atom. The van der Waals surface area contributed by atoms with Gasteiger partial charge < -0.3 is 5.32 Å². The van der Waals surface area contributed by atoms with Crippen LogP contribution in [0.5, 0.6) is 0 Å². The summed E-state index contributed by atoms with van der Waals surface area (Å²) in [5.41, 5.74) is 1.11. The highest BCUT2D eigenvalue weighted by Gasteiger charge is 2.36. The van der Waals surface area contributed by atoms with Crippen molar-refractivity contribution in [1.82, 2.24) is 15.3 Å². The van der Waals surface area contributed by atoms with Gasteiger partial charge in [0.1, 0.15) is 5.82 Å². The van der Waals surface area contributed by atoms with Crippen molar-refractivity contribution in [3.05, 3.63) is 23.8 Å². The zero-order valence-corrected chi connectivity index (χ0v) is 8.83. The van der Waals surface area contributed by atoms with Gasteiger partial charge in [-0.25, -0.2) is 9.97 Å². The van der Waals surface area contributed by atoms with Gasteiger partial charge in [0.2, 0.25) is 0 Å². The Kier molecular flexibility index (Phi) is 2.77. The highest BCUT2D eigenvalue weighted by atomic mass is 14.9. The largest absolute Gasteiger partial charge is 0.311 e. The van der Waals surface area contributed by atoms with Gasteiger partial charge in [-0.15, -0.1) is 0 Å². The van der Waals surface area contributed by atoms with Crippen LogP contribution in [-0.2, 0) is 6.54 Å². The molecule has 1 heterocycles. The molecule has 0 radical (unpaired) electrons. The fraction of sp³-hybridized carbons (Fsp3) is 0.636. The van der Waals surface area contributed by atoms with Gasteiger partial charge in [-0.1, -0.05) is 13.8 Å². The van der Waals surface area contributed by atoms with Crippen molar-refractivity contribution < 1.29 is 0 Å². The van der Waals surface area contributed by atoms with Gasteiger partial charge in [-0.3, -0.25) is 0 Å². The van der Waals surface area contributed by atoms with Crippen LogP contribution >= 0.6 is 0 Å². The molecule has 0 spiro atoms. The minimum absolute atomic E-state index is 0.622. The van der Waals surface area contributed by atoms with E-state index in [0.29, 0.717) is 5.92 Å². The molecule has 1 saturated carbocycles. The molecular weight excluding hydrogens is 174 g/mol. The maximum absolute atomic E-state index is 4.55. The van der Waals surface area contributed by atoms with E-state index in [-0.39, 0.29) is 0 Å². The van der Waals surface area contributed by atoms with Crippen molar-refractivity contribution in [2.75, 3.05) is 6.54 Å². The summed E-state index contributed by atoms with van der Waals surface area (Å²) in [6.45, 7) is 6.20. The van der Waals surface area contributed by atoms with Crippen LogP contribution in [0.3, 0.4) is 0 Å². The molecule has 1 aliphatic rings. The molecule has 0 bridgehead atoms. The third-order valence-electron chi connectivity index (χ3n) is 2.73. The summed E-state index contributed by atoms with van der Waals surface area (Å²) in [7, 11) is 0. The lowest BCUT2D eigenvalue weighted by Gasteiger charge is -2.03. The molecule has 2 unspecified atom stereocenters. The Hall–Kier alpha value is -0.960. The third-order valence-corrected chi connectivity index (χ3v) is 2.73. The van der Waals surface area contributed by atoms with Crippen molar-refractivity contribution in [3.8, 4) is 0 Å². The van der Waals surface area contributed by atoms with Crippen LogP contribution in [0.2, 0.25) is 0 Å². The van der Waals surface area contributed by atoms with E-state index < -0.39 is 0 Å². The Morgan fingerprint density at radius 2 is 2.36 bits per heavy atom. The van der Waals surface area contributed by atoms with Crippen molar-refractivity contribution in [2.45, 2.75) is 32.7 Å². The number of hydrogen-bond acceptors (Lipinski definition) is 3. The van der Waals surface area contributed by atoms with Gasteiger partial charge >= 0.3 is 0 Å². The molecule has 1 aromatic rings. The molecule has 1 fully saturated rings. The zero-order valence-electron chi connectivity index (χ0n) is 8.83. The van der Waals surface area contributed by atoms with Gasteiger partial charge in [0.05, 0.1) is 5.69 Å². The van der Waals surface area contributed by atoms with Gasteiger partial charge in [0.25, 0.3) is 0 Å². The summed E-state index contributed by atoms with van der Waals surface area (Å²) in [6.07, 6.45) is 3.13. The molecule has 0 aromatic carbocycles. The van der Waals surface area contributed by atoms with Crippen LogP contribution in [0.25, 0.3) is 0 Å². The van der Waals surface area contributed by atoms with E-state index in [1.54, 1.807) is 0 Å². The monoisotopic (exact) mass is 191 g/mol. The maximum atomic E-state index is 4.55. The van der Waals surface area contributed by atoms with Crippen molar-refractivity contribution in [2.24, 2.45) is 5.92 Å². The molecule has 76 valence electrons. The second kappa shape index (κ2) is 4.05. The molecule has 3 nitrogen and oxygen atoms in total. The van der Waals surface area contributed by atoms with Crippen molar-refractivity contribution in [1.29, 1.82) is 0 Å². The molecule has 2 rings (SSSR count). The molecule has 1 aliphatic carbocycles. The summed E-state index contributed by atoms with van der Waals surface area (Å²) >= 11 is 0. The van der Waals surface area contributed by atoms with Crippen LogP contribution in [0.4, 0.5) is 0 Å². The first kappa shape index (κ1) is 9.59. The van der Waals surface area contributed by atoms with Crippen LogP contribution in [0, 0.1) is 5.92 Å². The first-order chi connectivity index (χ1) is 6.81. The lowest BCUT2D eigenvalue weighted by molar-refractivity contribution is 0.697. The Morgan fingerprint density at radius 1 is 1.57 bits per heavy atom. The van der Waals surface area contributed by atoms with Crippen LogP contribution in [-0.4, -0.2) is 16.5 Å². The van der Waals surface area contributed by atoms with Crippen LogP contribution in [0.1, 0.15) is 37.7 Å². The SMILES string of the molecule is CCNCc1ccnc(C2CC2C)n1. The summed E-state index contributed by atoms with van der Waals surface area (Å²) < 4.78 is 0. The normalized spacial score (nSPS) is 25.0. The zero-order chi connectivity index (χ0) is 9.97. The lowest BCUT2D eigenvalue weighted by Crippen LogP contribution is -2.13. The quantitative estimate of drug-likeness (QED) is 0.787. The minimum atomic E-state index is 0.622. The minimum Gasteiger partial charge on any atom is -0.311 e. The number of nitrogens with one attached hydrogen (secondary N) is 1. The molecule has 2 atom stereocenters. The number of aromatic nitrogens is 2. The van der Waals surface area contributed by atoms with Gasteiger partial charge in [0, 0.05) is 18.7 Å². The Balaban J connectivity index is 2.03. The van der Waals surface area contributed by atoms with Crippen LogP contribution in [0.15, 0.2) is 12.3 Å². The molecule has 0 aliphatic heterocycles. The van der Waals surface area contributed by atoms with E-state index >= 15 is 0 Å². The summed E-state index contributed by atoms with van der Waals surface area (Å²) in [5, 5.41) is 3.27. The molecule has 3 heteroatoms. The molecule has 0 saturated heterocycles. The lowest BCUT2D eigenvalue weighted by atomic mass is 10.3. The average molecular weight is 191 g/mol. The predicted molar refractivity (Wildman–Crippen MR) is 55.9 cm³/mol. The highest BCUT2D eigenvalue weighted by Crippen LogP contribution is 2.45. The van der Waals surface area contributed by atoms with E-state index in [4.69, 9.17) is 0 Å². The van der Waals surface area contributed by atoms with E-state index in [2.05, 4.69) is 29.1 Å². The highest BCUT2D eigenvalue weighted by molar-refractivity contribution is 5.12. The standard InChI is InChI=1S/C11H17N3/c1-3-12-7-9-4-5-13-11(14-9)10-6-8(10)2/h4-5,8,10,12H,3,6-7H2,1-2H3. The van der Waals surface area contributed by atoms with Gasteiger partial charge in [0.15, 0.2) is 0 Å². The van der Waals surface area contributed by atoms with E-state index in [1.165, 1.54) is 6.42 Å². The maximum Gasteiger partial charge on any atom is 0.131 e. The number of nitrogens with zero attached hydrogens (tertiary/aromatic N) is 2. The van der Waals surface area contributed by atoms with E-state index in [9.17, 15) is 0 Å². The van der Waals surface area contributed by atoms with Gasteiger partial charge in [-0.2, -0.15) is 0 Å². The number of rotatable bonds is 4. The number of hydrogen-bond donors (Lipinski definition) is 1. The van der Waals surface area contributed by atoms with Crippen molar-refractivity contribution in [3.63, 3.8) is 0 Å². The van der Waals surface area contributed by atoms with Crippen molar-refractivity contribution >= 4 is 0 Å². The molecule has 0 amide bonds. The van der Waals surface area contributed by atoms with Gasteiger partial charge in [-0.05, 0) is 24.9 Å². The fourth-order valence-corrected chi connectivity index (χ4v) is 1.62.